The van der Waals surface area contributed by atoms with E-state index in [1.807, 2.05) is 0 Å². The van der Waals surface area contributed by atoms with E-state index in [4.69, 9.17) is 0 Å². The van der Waals surface area contributed by atoms with Crippen LogP contribution in [0.15, 0.2) is 57.8 Å². The lowest BCUT2D eigenvalue weighted by Crippen LogP contribution is -2.23. The van der Waals surface area contributed by atoms with Crippen LogP contribution in [0, 0.1) is 0 Å². The van der Waals surface area contributed by atoms with Gasteiger partial charge in [0.05, 0.1) is 10.6 Å². The van der Waals surface area contributed by atoms with Crippen molar-refractivity contribution in [1.82, 2.24) is 9.97 Å². The number of carbonyl (C=O) groups is 2. The highest BCUT2D eigenvalue weighted by Gasteiger charge is 2.18. The summed E-state index contributed by atoms with van der Waals surface area (Å²) < 4.78 is 26.7. The summed E-state index contributed by atoms with van der Waals surface area (Å²) in [7, 11) is -3.84. The summed E-state index contributed by atoms with van der Waals surface area (Å²) in [5.74, 6) is -0.873. The number of aromatic nitrogens is 2. The standard InChI is InChI=1S/C15H15N5O4S/c1-10(21)14(11(2)22)19-18-12-4-6-13(7-5-12)25(23,24)20-15-16-8-3-9-17-15/h3-9,14H,1-2H3,(H,16,17,20). The second kappa shape index (κ2) is 7.71. The summed E-state index contributed by atoms with van der Waals surface area (Å²) in [4.78, 5) is 30.1. The molecule has 0 aliphatic carbocycles. The highest BCUT2D eigenvalue weighted by Crippen LogP contribution is 2.19. The number of rotatable bonds is 7. The van der Waals surface area contributed by atoms with E-state index < -0.39 is 27.6 Å². The third kappa shape index (κ3) is 4.98. The monoisotopic (exact) mass is 361 g/mol. The van der Waals surface area contributed by atoms with Gasteiger partial charge in [-0.1, -0.05) is 0 Å². The third-order valence-electron chi connectivity index (χ3n) is 3.00. The molecule has 2 rings (SSSR count). The zero-order valence-electron chi connectivity index (χ0n) is 13.4. The van der Waals surface area contributed by atoms with Gasteiger partial charge in [0.25, 0.3) is 10.0 Å². The molecule has 0 saturated carbocycles. The first-order valence-electron chi connectivity index (χ1n) is 7.11. The number of carbonyl (C=O) groups excluding carboxylic acids is 2. The first-order chi connectivity index (χ1) is 11.8. The Morgan fingerprint density at radius 1 is 1.04 bits per heavy atom. The van der Waals surface area contributed by atoms with E-state index in [1.165, 1.54) is 50.5 Å². The fourth-order valence-electron chi connectivity index (χ4n) is 1.80. The van der Waals surface area contributed by atoms with Crippen molar-refractivity contribution < 1.29 is 18.0 Å². The zero-order chi connectivity index (χ0) is 18.4. The number of nitrogens with zero attached hydrogens (tertiary/aromatic N) is 4. The lowest BCUT2D eigenvalue weighted by molar-refractivity contribution is -0.126. The Balaban J connectivity index is 2.16. The van der Waals surface area contributed by atoms with Crippen LogP contribution < -0.4 is 4.72 Å². The van der Waals surface area contributed by atoms with Crippen molar-refractivity contribution in [3.63, 3.8) is 0 Å². The van der Waals surface area contributed by atoms with Crippen molar-refractivity contribution in [3.05, 3.63) is 42.7 Å². The predicted octanol–water partition coefficient (Wildman–Crippen LogP) is 1.91. The third-order valence-corrected chi connectivity index (χ3v) is 4.34. The largest absolute Gasteiger partial charge is 0.297 e. The van der Waals surface area contributed by atoms with Crippen LogP contribution in [0.2, 0.25) is 0 Å². The number of ketones is 2. The molecule has 0 fully saturated rings. The molecule has 0 radical (unpaired) electrons. The summed E-state index contributed by atoms with van der Waals surface area (Å²) in [5.41, 5.74) is 0.308. The van der Waals surface area contributed by atoms with Gasteiger partial charge in [0.2, 0.25) is 5.95 Å². The summed E-state index contributed by atoms with van der Waals surface area (Å²) in [6.45, 7) is 2.50. The van der Waals surface area contributed by atoms with Crippen LogP contribution in [-0.2, 0) is 19.6 Å². The van der Waals surface area contributed by atoms with E-state index in [9.17, 15) is 18.0 Å². The molecule has 0 unspecified atom stereocenters. The molecule has 9 nitrogen and oxygen atoms in total. The van der Waals surface area contributed by atoms with Crippen molar-refractivity contribution in [3.8, 4) is 0 Å². The Kier molecular flexibility index (Phi) is 5.65. The van der Waals surface area contributed by atoms with Crippen LogP contribution in [0.4, 0.5) is 11.6 Å². The molecule has 1 heterocycles. The molecular formula is C15H15N5O4S. The van der Waals surface area contributed by atoms with Crippen molar-refractivity contribution in [1.29, 1.82) is 0 Å². The summed E-state index contributed by atoms with van der Waals surface area (Å²) >= 11 is 0. The van der Waals surface area contributed by atoms with Gasteiger partial charge in [0, 0.05) is 12.4 Å². The summed E-state index contributed by atoms with van der Waals surface area (Å²) in [6, 6.07) is 5.85. The predicted molar refractivity (Wildman–Crippen MR) is 88.9 cm³/mol. The van der Waals surface area contributed by atoms with E-state index in [-0.39, 0.29) is 10.8 Å². The highest BCUT2D eigenvalue weighted by molar-refractivity contribution is 7.92. The van der Waals surface area contributed by atoms with E-state index in [0.717, 1.165) is 0 Å². The highest BCUT2D eigenvalue weighted by atomic mass is 32.2. The van der Waals surface area contributed by atoms with Gasteiger partial charge < -0.3 is 0 Å². The van der Waals surface area contributed by atoms with Crippen LogP contribution in [0.3, 0.4) is 0 Å². The maximum atomic E-state index is 12.2. The van der Waals surface area contributed by atoms with Crippen molar-refractivity contribution in [2.75, 3.05) is 4.72 Å². The molecule has 1 N–H and O–H groups in total. The van der Waals surface area contributed by atoms with Crippen LogP contribution >= 0.6 is 0 Å². The van der Waals surface area contributed by atoms with Gasteiger partial charge in [0.1, 0.15) is 0 Å². The van der Waals surface area contributed by atoms with Crippen LogP contribution in [0.1, 0.15) is 13.8 Å². The van der Waals surface area contributed by atoms with Crippen LogP contribution in [0.5, 0.6) is 0 Å². The quantitative estimate of drug-likeness (QED) is 0.592. The number of hydrogen-bond donors (Lipinski definition) is 1. The van der Waals surface area contributed by atoms with Crippen molar-refractivity contribution in [2.24, 2.45) is 10.2 Å². The normalized spacial score (nSPS) is 11.6. The van der Waals surface area contributed by atoms with E-state index in [0.29, 0.717) is 5.69 Å². The second-order valence-electron chi connectivity index (χ2n) is 5.01. The number of anilines is 1. The molecule has 2 aromatic rings. The SMILES string of the molecule is CC(=O)C(N=Nc1ccc(S(=O)(=O)Nc2ncccn2)cc1)C(C)=O. The molecule has 0 aliphatic rings. The molecule has 25 heavy (non-hydrogen) atoms. The molecule has 130 valence electrons. The van der Waals surface area contributed by atoms with E-state index in [1.54, 1.807) is 6.07 Å². The van der Waals surface area contributed by atoms with Gasteiger partial charge in [-0.15, -0.1) is 0 Å². The number of nitrogens with one attached hydrogen (secondary N) is 1. The van der Waals surface area contributed by atoms with Gasteiger partial charge in [-0.2, -0.15) is 10.2 Å². The fourth-order valence-corrected chi connectivity index (χ4v) is 2.75. The van der Waals surface area contributed by atoms with Crippen molar-refractivity contribution >= 4 is 33.2 Å². The average Bonchev–Trinajstić information content (AvgIpc) is 2.55. The first-order valence-corrected chi connectivity index (χ1v) is 8.59. The molecule has 0 bridgehead atoms. The number of Topliss-reactive ketones (excluding diaryl/α,β-unsaturated/α-hetero) is 2. The molecule has 0 spiro atoms. The molecule has 0 atom stereocenters. The summed E-state index contributed by atoms with van der Waals surface area (Å²) in [6.07, 6.45) is 2.82. The van der Waals surface area contributed by atoms with Crippen LogP contribution in [0.25, 0.3) is 0 Å². The lowest BCUT2D eigenvalue weighted by atomic mass is 10.1. The fraction of sp³-hybridized carbons (Fsp3) is 0.200. The number of azo groups is 1. The maximum absolute atomic E-state index is 12.2. The average molecular weight is 361 g/mol. The minimum atomic E-state index is -3.84. The molecule has 0 aliphatic heterocycles. The summed E-state index contributed by atoms with van der Waals surface area (Å²) in [5, 5.41) is 7.49. The molecule has 10 heteroatoms. The number of benzene rings is 1. The Labute approximate surface area is 144 Å². The number of sulfonamides is 1. The Bertz CT molecular complexity index is 881. The van der Waals surface area contributed by atoms with Crippen LogP contribution in [-0.4, -0.2) is 36.0 Å². The van der Waals surface area contributed by atoms with Gasteiger partial charge in [-0.25, -0.2) is 23.1 Å². The Morgan fingerprint density at radius 2 is 1.60 bits per heavy atom. The van der Waals surface area contributed by atoms with Gasteiger partial charge >= 0.3 is 0 Å². The number of hydrogen-bond acceptors (Lipinski definition) is 8. The minimum absolute atomic E-state index is 0.0198. The molecule has 0 saturated heterocycles. The van der Waals surface area contributed by atoms with Gasteiger partial charge in [0.15, 0.2) is 17.6 Å². The van der Waals surface area contributed by atoms with E-state index >= 15 is 0 Å². The van der Waals surface area contributed by atoms with Gasteiger partial charge in [-0.3, -0.25) is 9.59 Å². The zero-order valence-corrected chi connectivity index (χ0v) is 14.3. The topological polar surface area (TPSA) is 131 Å². The van der Waals surface area contributed by atoms with E-state index in [2.05, 4.69) is 24.9 Å². The maximum Gasteiger partial charge on any atom is 0.264 e. The van der Waals surface area contributed by atoms with Crippen molar-refractivity contribution in [2.45, 2.75) is 24.8 Å². The van der Waals surface area contributed by atoms with Gasteiger partial charge in [-0.05, 0) is 44.2 Å². The molecule has 0 amide bonds. The Hall–Kier alpha value is -3.01. The minimum Gasteiger partial charge on any atom is -0.297 e. The smallest absolute Gasteiger partial charge is 0.264 e. The molecule has 1 aromatic carbocycles. The Morgan fingerprint density at radius 3 is 2.12 bits per heavy atom. The molecular weight excluding hydrogens is 346 g/mol. The molecule has 1 aromatic heterocycles. The first kappa shape index (κ1) is 18.3. The second-order valence-corrected chi connectivity index (χ2v) is 6.69. The lowest BCUT2D eigenvalue weighted by Gasteiger charge is -2.06.